The Balaban J connectivity index is 2.06. The minimum Gasteiger partial charge on any atom is -0.355 e. The molecule has 0 aliphatic heterocycles. The summed E-state index contributed by atoms with van der Waals surface area (Å²) in [5, 5.41) is 6.62. The van der Waals surface area contributed by atoms with Gasteiger partial charge in [0.15, 0.2) is 5.78 Å². The largest absolute Gasteiger partial charge is 0.433 e. The maximum absolute atomic E-state index is 13.0. The van der Waals surface area contributed by atoms with Gasteiger partial charge in [-0.05, 0) is 38.3 Å². The minimum absolute atomic E-state index is 0.0206. The molecule has 2 N–H and O–H groups in total. The van der Waals surface area contributed by atoms with E-state index in [2.05, 4.69) is 15.4 Å². The molecule has 148 valence electrons. The zero-order chi connectivity index (χ0) is 20.5. The number of amides is 1. The maximum atomic E-state index is 13.0. The molecule has 0 radical (unpaired) electrons. The highest BCUT2D eigenvalue weighted by Crippen LogP contribution is 2.30. The van der Waals surface area contributed by atoms with Gasteiger partial charge in [-0.25, -0.2) is 0 Å². The van der Waals surface area contributed by atoms with Gasteiger partial charge in [0.05, 0.1) is 17.0 Å². The lowest BCUT2D eigenvalue weighted by Gasteiger charge is -2.16. The third-order valence-electron chi connectivity index (χ3n) is 4.30. The zero-order valence-electron chi connectivity index (χ0n) is 15.9. The van der Waals surface area contributed by atoms with Crippen molar-refractivity contribution >= 4 is 11.7 Å². The van der Waals surface area contributed by atoms with Crippen LogP contribution in [0.4, 0.5) is 13.2 Å². The Bertz CT molecular complexity index is 865. The summed E-state index contributed by atoms with van der Waals surface area (Å²) >= 11 is 0. The lowest BCUT2D eigenvalue weighted by Crippen LogP contribution is -2.31. The van der Waals surface area contributed by atoms with Crippen LogP contribution in [-0.4, -0.2) is 33.0 Å². The van der Waals surface area contributed by atoms with Gasteiger partial charge in [-0.3, -0.25) is 14.3 Å². The molecule has 0 aliphatic carbocycles. The number of carbonyl (C=O) groups is 2. The predicted octanol–water partition coefficient (Wildman–Crippen LogP) is 3.42. The van der Waals surface area contributed by atoms with E-state index in [1.807, 2.05) is 0 Å². The van der Waals surface area contributed by atoms with Crippen molar-refractivity contribution in [3.8, 4) is 0 Å². The van der Waals surface area contributed by atoms with Crippen molar-refractivity contribution in [2.75, 3.05) is 6.54 Å². The summed E-state index contributed by atoms with van der Waals surface area (Å²) in [4.78, 5) is 26.9. The van der Waals surface area contributed by atoms with Crippen LogP contribution in [0.1, 0.15) is 57.3 Å². The first-order valence-electron chi connectivity index (χ1n) is 8.51. The van der Waals surface area contributed by atoms with Gasteiger partial charge >= 0.3 is 6.18 Å². The number of alkyl halides is 3. The average Bonchev–Trinajstić information content (AvgIpc) is 3.04. The number of nitrogens with zero attached hydrogens (tertiary/aromatic N) is 2. The SMILES string of the molecule is CC(=O)c1[nH]c(C)c(C(=O)NCC(C)Cn2nc(C)cc2C(F)(F)F)c1C. The van der Waals surface area contributed by atoms with Gasteiger partial charge in [0, 0.05) is 25.7 Å². The number of aromatic nitrogens is 3. The average molecular weight is 384 g/mol. The number of ketones is 1. The fourth-order valence-corrected chi connectivity index (χ4v) is 3.07. The van der Waals surface area contributed by atoms with Crippen LogP contribution >= 0.6 is 0 Å². The molecule has 0 saturated heterocycles. The molecule has 1 amide bonds. The van der Waals surface area contributed by atoms with E-state index in [1.165, 1.54) is 13.8 Å². The zero-order valence-corrected chi connectivity index (χ0v) is 15.9. The normalized spacial score (nSPS) is 12.9. The Hall–Kier alpha value is -2.58. The summed E-state index contributed by atoms with van der Waals surface area (Å²) < 4.78 is 40.1. The number of H-pyrrole nitrogens is 1. The highest BCUT2D eigenvalue weighted by molar-refractivity contribution is 6.02. The lowest BCUT2D eigenvalue weighted by atomic mass is 10.1. The van der Waals surface area contributed by atoms with Crippen LogP contribution < -0.4 is 5.32 Å². The number of hydrogen-bond donors (Lipinski definition) is 2. The quantitative estimate of drug-likeness (QED) is 0.749. The smallest absolute Gasteiger partial charge is 0.355 e. The van der Waals surface area contributed by atoms with E-state index in [0.717, 1.165) is 10.7 Å². The molecule has 9 heteroatoms. The summed E-state index contributed by atoms with van der Waals surface area (Å²) in [5.41, 5.74) is 1.39. The summed E-state index contributed by atoms with van der Waals surface area (Å²) in [5.74, 6) is -0.814. The number of hydrogen-bond acceptors (Lipinski definition) is 3. The van der Waals surface area contributed by atoms with Crippen LogP contribution in [0.5, 0.6) is 0 Å². The first-order chi connectivity index (χ1) is 12.4. The van der Waals surface area contributed by atoms with Crippen molar-refractivity contribution in [2.24, 2.45) is 5.92 Å². The second-order valence-electron chi connectivity index (χ2n) is 6.85. The molecule has 1 atom stereocenters. The Morgan fingerprint density at radius 2 is 1.93 bits per heavy atom. The minimum atomic E-state index is -4.48. The van der Waals surface area contributed by atoms with Gasteiger partial charge < -0.3 is 10.3 Å². The van der Waals surface area contributed by atoms with Crippen molar-refractivity contribution in [3.63, 3.8) is 0 Å². The fourth-order valence-electron chi connectivity index (χ4n) is 3.07. The predicted molar refractivity (Wildman–Crippen MR) is 93.7 cm³/mol. The molecule has 0 bridgehead atoms. The first kappa shape index (κ1) is 20.7. The third-order valence-corrected chi connectivity index (χ3v) is 4.30. The summed E-state index contributed by atoms with van der Waals surface area (Å²) in [7, 11) is 0. The molecule has 2 aromatic rings. The van der Waals surface area contributed by atoms with Crippen molar-refractivity contribution in [2.45, 2.75) is 47.3 Å². The molecule has 6 nitrogen and oxygen atoms in total. The third kappa shape index (κ3) is 4.58. The lowest BCUT2D eigenvalue weighted by molar-refractivity contribution is -0.144. The van der Waals surface area contributed by atoms with Crippen molar-refractivity contribution in [1.29, 1.82) is 0 Å². The van der Waals surface area contributed by atoms with E-state index < -0.39 is 11.9 Å². The molecular weight excluding hydrogens is 361 g/mol. The van der Waals surface area contributed by atoms with E-state index in [9.17, 15) is 22.8 Å². The van der Waals surface area contributed by atoms with E-state index >= 15 is 0 Å². The standard InChI is InChI=1S/C18H23F3N4O2/c1-9(8-25-14(18(19,20)21)6-10(2)24-25)7-22-17(27)15-11(3)16(13(5)26)23-12(15)4/h6,9,23H,7-8H2,1-5H3,(H,22,27). The topological polar surface area (TPSA) is 79.8 Å². The molecular formula is C18H23F3N4O2. The van der Waals surface area contributed by atoms with Crippen LogP contribution in [0, 0.1) is 26.7 Å². The number of carbonyl (C=O) groups excluding carboxylic acids is 2. The van der Waals surface area contributed by atoms with Crippen molar-refractivity contribution in [1.82, 2.24) is 20.1 Å². The molecule has 2 aromatic heterocycles. The molecule has 1 unspecified atom stereocenters. The van der Waals surface area contributed by atoms with E-state index in [1.54, 1.807) is 20.8 Å². The summed E-state index contributed by atoms with van der Waals surface area (Å²) in [6.07, 6.45) is -4.48. The highest BCUT2D eigenvalue weighted by Gasteiger charge is 2.35. The maximum Gasteiger partial charge on any atom is 0.433 e. The Morgan fingerprint density at radius 3 is 2.44 bits per heavy atom. The molecule has 0 spiro atoms. The summed E-state index contributed by atoms with van der Waals surface area (Å²) in [6, 6.07) is 1.00. The summed E-state index contributed by atoms with van der Waals surface area (Å²) in [6.45, 7) is 8.21. The Morgan fingerprint density at radius 1 is 1.30 bits per heavy atom. The molecule has 0 saturated carbocycles. The first-order valence-corrected chi connectivity index (χ1v) is 8.51. The molecule has 0 aromatic carbocycles. The van der Waals surface area contributed by atoms with Gasteiger partial charge in [0.25, 0.3) is 5.91 Å². The second kappa shape index (κ2) is 7.58. The van der Waals surface area contributed by atoms with E-state index in [0.29, 0.717) is 22.5 Å². The number of nitrogens with one attached hydrogen (secondary N) is 2. The van der Waals surface area contributed by atoms with Crippen LogP contribution in [0.3, 0.4) is 0 Å². The van der Waals surface area contributed by atoms with Gasteiger partial charge in [0.2, 0.25) is 0 Å². The van der Waals surface area contributed by atoms with E-state index in [4.69, 9.17) is 0 Å². The van der Waals surface area contributed by atoms with Crippen LogP contribution in [0.2, 0.25) is 0 Å². The van der Waals surface area contributed by atoms with E-state index in [-0.39, 0.29) is 36.4 Å². The molecule has 2 rings (SSSR count). The van der Waals surface area contributed by atoms with Gasteiger partial charge in [-0.15, -0.1) is 0 Å². The van der Waals surface area contributed by atoms with Gasteiger partial charge in [0.1, 0.15) is 5.69 Å². The number of halogens is 3. The monoisotopic (exact) mass is 384 g/mol. The van der Waals surface area contributed by atoms with Gasteiger partial charge in [-0.1, -0.05) is 6.92 Å². The van der Waals surface area contributed by atoms with Crippen molar-refractivity contribution < 1.29 is 22.8 Å². The molecule has 27 heavy (non-hydrogen) atoms. The highest BCUT2D eigenvalue weighted by atomic mass is 19.4. The second-order valence-corrected chi connectivity index (χ2v) is 6.85. The number of rotatable bonds is 6. The fraction of sp³-hybridized carbons (Fsp3) is 0.500. The van der Waals surface area contributed by atoms with Crippen molar-refractivity contribution in [3.05, 3.63) is 40.0 Å². The van der Waals surface area contributed by atoms with Crippen LogP contribution in [0.25, 0.3) is 0 Å². The molecule has 2 heterocycles. The van der Waals surface area contributed by atoms with Crippen LogP contribution in [0.15, 0.2) is 6.07 Å². The molecule has 0 fully saturated rings. The number of aryl methyl sites for hydroxylation is 2. The molecule has 0 aliphatic rings. The van der Waals surface area contributed by atoms with Gasteiger partial charge in [-0.2, -0.15) is 18.3 Å². The Kier molecular flexibility index (Phi) is 5.82. The number of Topliss-reactive ketones (excluding diaryl/α,β-unsaturated/α-hetero) is 1. The number of aromatic amines is 1. The Labute approximate surface area is 155 Å². The van der Waals surface area contributed by atoms with Crippen LogP contribution in [-0.2, 0) is 12.7 Å².